The van der Waals surface area contributed by atoms with Gasteiger partial charge in [0.05, 0.1) is 5.92 Å². The highest BCUT2D eigenvalue weighted by Crippen LogP contribution is 2.46. The van der Waals surface area contributed by atoms with Gasteiger partial charge in [-0.15, -0.1) is 0 Å². The van der Waals surface area contributed by atoms with Gasteiger partial charge in [-0.1, -0.05) is 136 Å². The van der Waals surface area contributed by atoms with Gasteiger partial charge in [-0.3, -0.25) is 4.79 Å². The third-order valence-electron chi connectivity index (χ3n) is 7.67. The van der Waals surface area contributed by atoms with Crippen LogP contribution >= 0.6 is 0 Å². The van der Waals surface area contributed by atoms with Crippen molar-refractivity contribution in [1.29, 1.82) is 0 Å². The fourth-order valence-corrected chi connectivity index (χ4v) is 5.44. The molecule has 0 saturated heterocycles. The summed E-state index contributed by atoms with van der Waals surface area (Å²) in [6.45, 7) is 4.25. The van der Waals surface area contributed by atoms with Crippen LogP contribution in [-0.2, 0) is 4.79 Å². The standard InChI is InChI=1S/C27H52O2/c1-3-4-5-6-7-8-9-10-11-12-13-14-15-16-17-19-22-27(25(2)26(28)29)23-20-18-21-24-27/h25H,3-24H2,1-2H3,(H,28,29). The number of unbranched alkanes of at least 4 members (excludes halogenated alkanes) is 15. The summed E-state index contributed by atoms with van der Waals surface area (Å²) >= 11 is 0. The summed E-state index contributed by atoms with van der Waals surface area (Å²) in [5.74, 6) is -0.748. The Morgan fingerprint density at radius 2 is 1.07 bits per heavy atom. The molecule has 0 aromatic heterocycles. The molecule has 0 aromatic rings. The SMILES string of the molecule is CCCCCCCCCCCCCCCCCCC1(C(C)C(=O)O)CCCCC1. The molecule has 1 aliphatic carbocycles. The molecule has 1 aliphatic rings. The first-order chi connectivity index (χ1) is 14.1. The highest BCUT2D eigenvalue weighted by atomic mass is 16.4. The fraction of sp³-hybridized carbons (Fsp3) is 0.963. The van der Waals surface area contributed by atoms with Crippen LogP contribution in [0, 0.1) is 11.3 Å². The molecule has 2 heteroatoms. The molecule has 0 heterocycles. The van der Waals surface area contributed by atoms with Crippen LogP contribution in [0.5, 0.6) is 0 Å². The number of carboxylic acid groups (broad SMARTS) is 1. The van der Waals surface area contributed by atoms with Gasteiger partial charge in [0.15, 0.2) is 0 Å². The van der Waals surface area contributed by atoms with Crippen molar-refractivity contribution >= 4 is 5.97 Å². The smallest absolute Gasteiger partial charge is 0.306 e. The lowest BCUT2D eigenvalue weighted by Crippen LogP contribution is -2.36. The molecule has 1 rings (SSSR count). The minimum absolute atomic E-state index is 0.0973. The topological polar surface area (TPSA) is 37.3 Å². The molecule has 0 aliphatic heterocycles. The predicted octanol–water partition coefficient (Wildman–Crippen LogP) is 9.31. The van der Waals surface area contributed by atoms with E-state index in [1.807, 2.05) is 6.92 Å². The molecule has 2 nitrogen and oxygen atoms in total. The molecule has 1 saturated carbocycles. The molecule has 0 spiro atoms. The van der Waals surface area contributed by atoms with Gasteiger partial charge < -0.3 is 5.11 Å². The first-order valence-corrected chi connectivity index (χ1v) is 13.4. The normalized spacial score (nSPS) is 17.3. The van der Waals surface area contributed by atoms with Gasteiger partial charge in [0, 0.05) is 0 Å². The zero-order valence-electron chi connectivity index (χ0n) is 20.0. The number of hydrogen-bond acceptors (Lipinski definition) is 1. The highest BCUT2D eigenvalue weighted by molar-refractivity contribution is 5.70. The second-order valence-corrected chi connectivity index (χ2v) is 10.0. The Hall–Kier alpha value is -0.530. The molecule has 1 atom stereocenters. The summed E-state index contributed by atoms with van der Waals surface area (Å²) in [5.41, 5.74) is 0.0973. The summed E-state index contributed by atoms with van der Waals surface area (Å²) in [5, 5.41) is 9.53. The zero-order valence-corrected chi connectivity index (χ0v) is 20.0. The van der Waals surface area contributed by atoms with Gasteiger partial charge in [-0.05, 0) is 24.7 Å². The summed E-state index contributed by atoms with van der Waals surface area (Å²) < 4.78 is 0. The largest absolute Gasteiger partial charge is 0.481 e. The second-order valence-electron chi connectivity index (χ2n) is 10.0. The molecule has 172 valence electrons. The summed E-state index contributed by atoms with van der Waals surface area (Å²) in [7, 11) is 0. The minimum atomic E-state index is -0.580. The molecule has 1 unspecified atom stereocenters. The van der Waals surface area contributed by atoms with E-state index in [1.165, 1.54) is 122 Å². The number of hydrogen-bond donors (Lipinski definition) is 1. The zero-order chi connectivity index (χ0) is 21.2. The highest BCUT2D eigenvalue weighted by Gasteiger charge is 2.40. The van der Waals surface area contributed by atoms with Crippen molar-refractivity contribution < 1.29 is 9.90 Å². The number of rotatable bonds is 19. The van der Waals surface area contributed by atoms with Crippen LogP contribution < -0.4 is 0 Å². The number of carboxylic acids is 1. The van der Waals surface area contributed by atoms with E-state index in [0.29, 0.717) is 0 Å². The van der Waals surface area contributed by atoms with Gasteiger partial charge >= 0.3 is 5.97 Å². The van der Waals surface area contributed by atoms with Crippen LogP contribution in [0.15, 0.2) is 0 Å². The lowest BCUT2D eigenvalue weighted by molar-refractivity contribution is -0.147. The van der Waals surface area contributed by atoms with Gasteiger partial charge in [0.1, 0.15) is 0 Å². The Morgan fingerprint density at radius 3 is 1.45 bits per heavy atom. The Balaban J connectivity index is 1.93. The van der Waals surface area contributed by atoms with E-state index < -0.39 is 5.97 Å². The maximum Gasteiger partial charge on any atom is 0.306 e. The minimum Gasteiger partial charge on any atom is -0.481 e. The summed E-state index contributed by atoms with van der Waals surface area (Å²) in [4.78, 5) is 11.6. The number of carbonyl (C=O) groups is 1. The van der Waals surface area contributed by atoms with E-state index in [0.717, 1.165) is 19.3 Å². The number of aliphatic carboxylic acids is 1. The van der Waals surface area contributed by atoms with Crippen molar-refractivity contribution in [2.45, 2.75) is 155 Å². The van der Waals surface area contributed by atoms with Crippen LogP contribution in [0.3, 0.4) is 0 Å². The van der Waals surface area contributed by atoms with E-state index in [9.17, 15) is 9.90 Å². The molecule has 0 bridgehead atoms. The molecule has 0 aromatic carbocycles. The molecule has 0 amide bonds. The van der Waals surface area contributed by atoms with Crippen molar-refractivity contribution in [2.24, 2.45) is 11.3 Å². The molecular weight excluding hydrogens is 356 g/mol. The van der Waals surface area contributed by atoms with E-state index in [1.54, 1.807) is 0 Å². The van der Waals surface area contributed by atoms with Crippen LogP contribution in [0.4, 0.5) is 0 Å². The third-order valence-corrected chi connectivity index (χ3v) is 7.67. The van der Waals surface area contributed by atoms with Crippen LogP contribution in [-0.4, -0.2) is 11.1 Å². The lowest BCUT2D eigenvalue weighted by atomic mass is 9.64. The molecule has 0 radical (unpaired) electrons. The molecule has 29 heavy (non-hydrogen) atoms. The van der Waals surface area contributed by atoms with Crippen molar-refractivity contribution in [2.75, 3.05) is 0 Å². The first-order valence-electron chi connectivity index (χ1n) is 13.4. The van der Waals surface area contributed by atoms with Gasteiger partial charge in [0.2, 0.25) is 0 Å². The lowest BCUT2D eigenvalue weighted by Gasteiger charge is -2.40. The maximum absolute atomic E-state index is 11.6. The van der Waals surface area contributed by atoms with Gasteiger partial charge in [-0.25, -0.2) is 0 Å². The van der Waals surface area contributed by atoms with Crippen LogP contribution in [0.1, 0.15) is 155 Å². The van der Waals surface area contributed by atoms with E-state index in [4.69, 9.17) is 0 Å². The summed E-state index contributed by atoms with van der Waals surface area (Å²) in [6.07, 6.45) is 29.5. The van der Waals surface area contributed by atoms with Gasteiger partial charge in [-0.2, -0.15) is 0 Å². The predicted molar refractivity (Wildman–Crippen MR) is 126 cm³/mol. The molecule has 1 fully saturated rings. The van der Waals surface area contributed by atoms with Crippen LogP contribution in [0.25, 0.3) is 0 Å². The Labute approximate surface area is 182 Å². The van der Waals surface area contributed by atoms with E-state index in [2.05, 4.69) is 6.92 Å². The Morgan fingerprint density at radius 1 is 0.690 bits per heavy atom. The van der Waals surface area contributed by atoms with E-state index in [-0.39, 0.29) is 11.3 Å². The first kappa shape index (κ1) is 26.5. The Bertz CT molecular complexity index is 384. The average Bonchev–Trinajstić information content (AvgIpc) is 2.73. The van der Waals surface area contributed by atoms with Crippen molar-refractivity contribution in [3.8, 4) is 0 Å². The quantitative estimate of drug-likeness (QED) is 0.216. The maximum atomic E-state index is 11.6. The Kier molecular flexibility index (Phi) is 15.7. The fourth-order valence-electron chi connectivity index (χ4n) is 5.44. The van der Waals surface area contributed by atoms with Gasteiger partial charge in [0.25, 0.3) is 0 Å². The van der Waals surface area contributed by atoms with Crippen molar-refractivity contribution in [3.63, 3.8) is 0 Å². The third kappa shape index (κ3) is 12.0. The van der Waals surface area contributed by atoms with E-state index >= 15 is 0 Å². The second kappa shape index (κ2) is 17.2. The average molecular weight is 409 g/mol. The van der Waals surface area contributed by atoms with Crippen LogP contribution in [0.2, 0.25) is 0 Å². The monoisotopic (exact) mass is 408 g/mol. The van der Waals surface area contributed by atoms with Crippen molar-refractivity contribution in [3.05, 3.63) is 0 Å². The van der Waals surface area contributed by atoms with Crippen molar-refractivity contribution in [1.82, 2.24) is 0 Å². The molecular formula is C27H52O2. The molecule has 1 N–H and O–H groups in total. The summed E-state index contributed by atoms with van der Waals surface area (Å²) in [6, 6.07) is 0.